The highest BCUT2D eigenvalue weighted by molar-refractivity contribution is 5.70. The molecular weight excluding hydrogens is 676 g/mol. The van der Waals surface area contributed by atoms with Gasteiger partial charge in [-0.3, -0.25) is 9.59 Å². The van der Waals surface area contributed by atoms with E-state index in [-0.39, 0.29) is 32.0 Å². The number of allylic oxidation sites excluding steroid dienone is 6. The third kappa shape index (κ3) is 26.4. The normalized spacial score (nSPS) is 21.2. The maximum absolute atomic E-state index is 12.7. The van der Waals surface area contributed by atoms with E-state index in [0.29, 0.717) is 6.42 Å². The molecule has 0 aromatic heterocycles. The Hall–Kier alpha value is -2.08. The fourth-order valence-corrected chi connectivity index (χ4v) is 6.20. The van der Waals surface area contributed by atoms with Gasteiger partial charge in [0.25, 0.3) is 0 Å². The van der Waals surface area contributed by atoms with E-state index in [9.17, 15) is 30.0 Å². The zero-order valence-corrected chi connectivity index (χ0v) is 33.3. The molecule has 0 amide bonds. The summed E-state index contributed by atoms with van der Waals surface area (Å²) in [6.07, 6.45) is 30.1. The number of esters is 2. The Morgan fingerprint density at radius 3 is 1.68 bits per heavy atom. The van der Waals surface area contributed by atoms with Gasteiger partial charge < -0.3 is 39.4 Å². The van der Waals surface area contributed by atoms with Gasteiger partial charge in [0.1, 0.15) is 31.0 Å². The molecule has 1 unspecified atom stereocenters. The van der Waals surface area contributed by atoms with Gasteiger partial charge in [-0.1, -0.05) is 147 Å². The minimum absolute atomic E-state index is 0.211. The average molecular weight is 753 g/mol. The monoisotopic (exact) mass is 753 g/mol. The van der Waals surface area contributed by atoms with Crippen molar-refractivity contribution in [3.63, 3.8) is 0 Å². The number of carbonyl (C=O) groups is 2. The van der Waals surface area contributed by atoms with Gasteiger partial charge in [-0.2, -0.15) is 0 Å². The van der Waals surface area contributed by atoms with Crippen LogP contribution >= 0.6 is 0 Å². The van der Waals surface area contributed by atoms with E-state index in [0.717, 1.165) is 70.6 Å². The van der Waals surface area contributed by atoms with E-state index in [2.05, 4.69) is 50.3 Å². The number of hydrogen-bond acceptors (Lipinski definition) is 10. The molecular formula is C43H76O10. The van der Waals surface area contributed by atoms with Crippen LogP contribution in [0.3, 0.4) is 0 Å². The van der Waals surface area contributed by atoms with Crippen molar-refractivity contribution in [1.82, 2.24) is 0 Å². The third-order valence-corrected chi connectivity index (χ3v) is 9.54. The van der Waals surface area contributed by atoms with Crippen LogP contribution in [0.25, 0.3) is 0 Å². The molecule has 1 aliphatic heterocycles. The molecule has 53 heavy (non-hydrogen) atoms. The summed E-state index contributed by atoms with van der Waals surface area (Å²) >= 11 is 0. The third-order valence-electron chi connectivity index (χ3n) is 9.54. The molecule has 1 rings (SSSR count). The lowest BCUT2D eigenvalue weighted by Gasteiger charge is -2.39. The van der Waals surface area contributed by atoms with Crippen molar-refractivity contribution in [3.05, 3.63) is 36.5 Å². The van der Waals surface area contributed by atoms with E-state index in [1.807, 2.05) is 0 Å². The van der Waals surface area contributed by atoms with Crippen LogP contribution in [0.15, 0.2) is 36.5 Å². The fraction of sp³-hybridized carbons (Fsp3) is 0.814. The van der Waals surface area contributed by atoms with Crippen LogP contribution in [0, 0.1) is 0 Å². The van der Waals surface area contributed by atoms with E-state index >= 15 is 0 Å². The van der Waals surface area contributed by atoms with Crippen molar-refractivity contribution in [2.45, 2.75) is 205 Å². The molecule has 0 aromatic carbocycles. The minimum Gasteiger partial charge on any atom is -0.462 e. The lowest BCUT2D eigenvalue weighted by atomic mass is 9.99. The summed E-state index contributed by atoms with van der Waals surface area (Å²) in [5.74, 6) is -0.825. The van der Waals surface area contributed by atoms with Crippen LogP contribution in [0.1, 0.15) is 168 Å². The molecule has 1 heterocycles. The summed E-state index contributed by atoms with van der Waals surface area (Å²) < 4.78 is 22.1. The number of unbranched alkanes of at least 4 members (excludes halogenated alkanes) is 17. The predicted molar refractivity (Wildman–Crippen MR) is 210 cm³/mol. The van der Waals surface area contributed by atoms with E-state index in [1.54, 1.807) is 0 Å². The van der Waals surface area contributed by atoms with Gasteiger partial charge in [0, 0.05) is 12.8 Å². The lowest BCUT2D eigenvalue weighted by Crippen LogP contribution is -2.59. The second-order valence-corrected chi connectivity index (χ2v) is 14.4. The summed E-state index contributed by atoms with van der Waals surface area (Å²) in [5, 5.41) is 40.0. The van der Waals surface area contributed by atoms with Crippen LogP contribution in [0.2, 0.25) is 0 Å². The van der Waals surface area contributed by atoms with Crippen molar-refractivity contribution in [1.29, 1.82) is 0 Å². The summed E-state index contributed by atoms with van der Waals surface area (Å²) in [5.41, 5.74) is 0. The Bertz CT molecular complexity index is 965. The van der Waals surface area contributed by atoms with E-state index in [4.69, 9.17) is 18.9 Å². The fourth-order valence-electron chi connectivity index (χ4n) is 6.20. The van der Waals surface area contributed by atoms with Crippen molar-refractivity contribution in [2.75, 3.05) is 19.8 Å². The molecule has 10 heteroatoms. The average Bonchev–Trinajstić information content (AvgIpc) is 3.15. The van der Waals surface area contributed by atoms with Crippen molar-refractivity contribution in [2.24, 2.45) is 0 Å². The van der Waals surface area contributed by atoms with Crippen molar-refractivity contribution in [3.8, 4) is 0 Å². The molecule has 4 N–H and O–H groups in total. The number of carbonyl (C=O) groups excluding carboxylic acids is 2. The quantitative estimate of drug-likeness (QED) is 0.0287. The van der Waals surface area contributed by atoms with E-state index in [1.165, 1.54) is 64.2 Å². The highest BCUT2D eigenvalue weighted by Gasteiger charge is 2.44. The summed E-state index contributed by atoms with van der Waals surface area (Å²) in [6, 6.07) is 0. The lowest BCUT2D eigenvalue weighted by molar-refractivity contribution is -0.305. The first-order valence-corrected chi connectivity index (χ1v) is 21.1. The van der Waals surface area contributed by atoms with Gasteiger partial charge in [-0.05, 0) is 44.9 Å². The molecule has 1 saturated heterocycles. The first-order chi connectivity index (χ1) is 25.8. The molecule has 0 aliphatic carbocycles. The van der Waals surface area contributed by atoms with Gasteiger partial charge in [0.2, 0.25) is 0 Å². The van der Waals surface area contributed by atoms with Gasteiger partial charge in [-0.25, -0.2) is 0 Å². The van der Waals surface area contributed by atoms with Crippen molar-refractivity contribution < 1.29 is 49.0 Å². The van der Waals surface area contributed by atoms with Crippen molar-refractivity contribution >= 4 is 11.9 Å². The molecule has 0 saturated carbocycles. The standard InChI is InChI=1S/C43H76O10/c1-3-5-7-9-11-13-15-17-18-20-22-24-26-28-30-32-39(46)52-36(35-51-43-42(49)41(48)40(47)37(33-44)53-43)34-50-38(45)31-29-27-25-23-21-19-16-14-12-10-8-6-4-2/h5,7,11,13,17-18,36-37,40-44,47-49H,3-4,6,8-10,12,14-16,19-35H2,1-2H3/b7-5+,13-11+,18-17+/t36?,37-,40+,41+,42-,43-/m1/s1. The smallest absolute Gasteiger partial charge is 0.306 e. The van der Waals surface area contributed by atoms with Crippen LogP contribution < -0.4 is 0 Å². The number of ether oxygens (including phenoxy) is 4. The first kappa shape index (κ1) is 48.9. The second kappa shape index (κ2) is 34.4. The van der Waals surface area contributed by atoms with Gasteiger partial charge in [0.15, 0.2) is 12.4 Å². The molecule has 10 nitrogen and oxygen atoms in total. The number of aliphatic hydroxyl groups is 4. The maximum atomic E-state index is 12.7. The molecule has 1 fully saturated rings. The Labute approximate surface area is 321 Å². The largest absolute Gasteiger partial charge is 0.462 e. The van der Waals surface area contributed by atoms with Crippen LogP contribution in [-0.2, 0) is 28.5 Å². The van der Waals surface area contributed by atoms with Crippen LogP contribution in [0.4, 0.5) is 0 Å². The Kier molecular flexibility index (Phi) is 31.8. The Balaban J connectivity index is 2.37. The molecule has 6 atom stereocenters. The Morgan fingerprint density at radius 1 is 0.604 bits per heavy atom. The highest BCUT2D eigenvalue weighted by Crippen LogP contribution is 2.22. The topological polar surface area (TPSA) is 152 Å². The summed E-state index contributed by atoms with van der Waals surface area (Å²) in [6.45, 7) is 3.28. The van der Waals surface area contributed by atoms with Gasteiger partial charge >= 0.3 is 11.9 Å². The second-order valence-electron chi connectivity index (χ2n) is 14.4. The maximum Gasteiger partial charge on any atom is 0.306 e. The molecule has 0 bridgehead atoms. The Morgan fingerprint density at radius 2 is 1.11 bits per heavy atom. The first-order valence-electron chi connectivity index (χ1n) is 21.1. The SMILES string of the molecule is CC/C=C/C/C=C/C/C=C/CCCCCCCC(=O)OC(COC(=O)CCCCCCCCCCCCCCC)CO[C@@H]1O[C@H](CO)[C@H](O)[C@H](O)[C@H]1O. The minimum atomic E-state index is -1.60. The molecule has 0 radical (unpaired) electrons. The molecule has 0 aromatic rings. The number of aliphatic hydroxyl groups excluding tert-OH is 4. The summed E-state index contributed by atoms with van der Waals surface area (Å²) in [7, 11) is 0. The molecule has 308 valence electrons. The van der Waals surface area contributed by atoms with Gasteiger partial charge in [0.05, 0.1) is 13.2 Å². The number of rotatable bonds is 34. The van der Waals surface area contributed by atoms with Crippen LogP contribution in [-0.4, -0.2) is 89.0 Å². The predicted octanol–water partition coefficient (Wildman–Crippen LogP) is 8.33. The van der Waals surface area contributed by atoms with E-state index < -0.39 is 49.4 Å². The molecule has 0 spiro atoms. The molecule has 1 aliphatic rings. The zero-order valence-electron chi connectivity index (χ0n) is 33.3. The number of hydrogen-bond donors (Lipinski definition) is 4. The van der Waals surface area contributed by atoms with Crippen LogP contribution in [0.5, 0.6) is 0 Å². The highest BCUT2D eigenvalue weighted by atomic mass is 16.7. The summed E-state index contributed by atoms with van der Waals surface area (Å²) in [4.78, 5) is 25.2. The van der Waals surface area contributed by atoms with Gasteiger partial charge in [-0.15, -0.1) is 0 Å². The zero-order chi connectivity index (χ0) is 38.8.